The summed E-state index contributed by atoms with van der Waals surface area (Å²) in [6.07, 6.45) is 3.98. The van der Waals surface area contributed by atoms with Gasteiger partial charge in [0.1, 0.15) is 0 Å². The molecule has 5 aliphatic rings. The van der Waals surface area contributed by atoms with Crippen molar-refractivity contribution in [1.82, 2.24) is 3.11 Å². The molecule has 4 heteroatoms. The van der Waals surface area contributed by atoms with E-state index >= 15 is 0 Å². The molecule has 0 aromatic heterocycles. The largest absolute Gasteiger partial charge is 0.273 e. The number of halogens is 1. The maximum absolute atomic E-state index is 12.8. The summed E-state index contributed by atoms with van der Waals surface area (Å²) >= 11 is 1.95. The fraction of sp³-hybridized carbons (Fsp3) is 0.895. The van der Waals surface area contributed by atoms with E-state index in [0.717, 1.165) is 35.5 Å². The average molecular weight is 427 g/mol. The Morgan fingerprint density at radius 3 is 1.96 bits per heavy atom. The van der Waals surface area contributed by atoms with Gasteiger partial charge in [0.15, 0.2) is 0 Å². The van der Waals surface area contributed by atoms with Crippen LogP contribution in [0.5, 0.6) is 0 Å². The van der Waals surface area contributed by atoms with Crippen molar-refractivity contribution >= 4 is 34.7 Å². The molecule has 11 unspecified atom stereocenters. The lowest BCUT2D eigenvalue weighted by Crippen LogP contribution is -2.40. The molecule has 0 N–H and O–H groups in total. The van der Waals surface area contributed by atoms with Gasteiger partial charge >= 0.3 is 0 Å². The van der Waals surface area contributed by atoms with Gasteiger partial charge in [0.25, 0.3) is 0 Å². The molecule has 4 saturated carbocycles. The van der Waals surface area contributed by atoms with Crippen molar-refractivity contribution in [2.75, 3.05) is 0 Å². The second kappa shape index (κ2) is 4.73. The van der Waals surface area contributed by atoms with Gasteiger partial charge in [-0.25, -0.2) is 3.11 Å². The molecule has 0 aromatic rings. The van der Waals surface area contributed by atoms with Crippen molar-refractivity contribution in [2.45, 2.75) is 40.0 Å². The van der Waals surface area contributed by atoms with E-state index < -0.39 is 0 Å². The Kier molecular flexibility index (Phi) is 3.12. The first kappa shape index (κ1) is 15.2. The molecule has 11 atom stereocenters. The van der Waals surface area contributed by atoms with E-state index in [4.69, 9.17) is 0 Å². The van der Waals surface area contributed by atoms with Gasteiger partial charge in [0.05, 0.1) is 34.7 Å². The molecule has 0 aromatic carbocycles. The van der Waals surface area contributed by atoms with Gasteiger partial charge in [0.2, 0.25) is 11.8 Å². The summed E-state index contributed by atoms with van der Waals surface area (Å²) in [6, 6.07) is 0. The zero-order valence-electron chi connectivity index (χ0n) is 14.1. The van der Waals surface area contributed by atoms with Gasteiger partial charge in [0, 0.05) is 0 Å². The number of carbonyl (C=O) groups is 2. The monoisotopic (exact) mass is 427 g/mol. The molecule has 1 aliphatic heterocycles. The van der Waals surface area contributed by atoms with E-state index in [9.17, 15) is 9.59 Å². The zero-order chi connectivity index (χ0) is 16.2. The van der Waals surface area contributed by atoms with Gasteiger partial charge in [-0.3, -0.25) is 9.59 Å². The Bertz CT molecular complexity index is 592. The highest BCUT2D eigenvalue weighted by molar-refractivity contribution is 14.1. The number of rotatable bonds is 0. The van der Waals surface area contributed by atoms with E-state index in [1.54, 1.807) is 0 Å². The Balaban J connectivity index is 1.60. The van der Waals surface area contributed by atoms with Crippen LogP contribution in [0, 0.1) is 65.1 Å². The van der Waals surface area contributed by atoms with Crippen LogP contribution in [0.4, 0.5) is 0 Å². The number of nitrogens with zero attached hydrogens (tertiary/aromatic N) is 1. The number of hydrogen-bond donors (Lipinski definition) is 0. The highest BCUT2D eigenvalue weighted by Gasteiger charge is 2.69. The van der Waals surface area contributed by atoms with Crippen LogP contribution in [0.25, 0.3) is 0 Å². The zero-order valence-corrected chi connectivity index (χ0v) is 16.3. The maximum Gasteiger partial charge on any atom is 0.242 e. The first-order valence-corrected chi connectivity index (χ1v) is 10.4. The molecule has 0 radical (unpaired) electrons. The van der Waals surface area contributed by atoms with Gasteiger partial charge in [-0.1, -0.05) is 20.8 Å². The Morgan fingerprint density at radius 2 is 1.30 bits per heavy atom. The second-order valence-electron chi connectivity index (χ2n) is 9.34. The molecule has 0 spiro atoms. The molecule has 1 saturated heterocycles. The SMILES string of the molecule is CC1CC(C)C2CC1C1C3CC(C4C(=O)N(I)C(=O)C4C3C)C21. The topological polar surface area (TPSA) is 37.4 Å². The van der Waals surface area contributed by atoms with E-state index in [-0.39, 0.29) is 23.7 Å². The van der Waals surface area contributed by atoms with Crippen molar-refractivity contribution in [3.63, 3.8) is 0 Å². The summed E-state index contributed by atoms with van der Waals surface area (Å²) in [6.45, 7) is 7.17. The lowest BCUT2D eigenvalue weighted by atomic mass is 9.62. The molecule has 5 fully saturated rings. The Hall–Kier alpha value is -0.130. The van der Waals surface area contributed by atoms with Gasteiger partial charge < -0.3 is 0 Å². The van der Waals surface area contributed by atoms with Gasteiger partial charge in [-0.15, -0.1) is 0 Å². The number of carbonyl (C=O) groups excluding carboxylic acids is 2. The molecule has 23 heavy (non-hydrogen) atoms. The minimum atomic E-state index is -0.0138. The standard InChI is InChI=1S/C19H26INO2/c1-7-4-8(2)11-5-10(7)15-12-6-13(16(11)15)17-14(9(12)3)18(22)21(20)19(17)23/h7-17H,4-6H2,1-3H3. The fourth-order valence-corrected chi connectivity index (χ4v) is 8.73. The van der Waals surface area contributed by atoms with Crippen LogP contribution in [-0.2, 0) is 9.59 Å². The highest BCUT2D eigenvalue weighted by atomic mass is 127. The van der Waals surface area contributed by atoms with E-state index in [0.29, 0.717) is 17.8 Å². The number of hydrogen-bond acceptors (Lipinski definition) is 2. The molecule has 126 valence electrons. The minimum absolute atomic E-state index is 0.00232. The van der Waals surface area contributed by atoms with E-state index in [2.05, 4.69) is 20.8 Å². The van der Waals surface area contributed by atoms with Crippen LogP contribution in [0.1, 0.15) is 40.0 Å². The summed E-state index contributed by atoms with van der Waals surface area (Å²) in [5.74, 6) is 6.61. The third-order valence-electron chi connectivity index (χ3n) is 8.76. The second-order valence-corrected chi connectivity index (χ2v) is 10.3. The van der Waals surface area contributed by atoms with Gasteiger partial charge in [-0.2, -0.15) is 0 Å². The third-order valence-corrected chi connectivity index (χ3v) is 9.71. The maximum atomic E-state index is 12.8. The van der Waals surface area contributed by atoms with E-state index in [1.165, 1.54) is 22.4 Å². The van der Waals surface area contributed by atoms with Crippen molar-refractivity contribution in [2.24, 2.45) is 65.1 Å². The van der Waals surface area contributed by atoms with Gasteiger partial charge in [-0.05, 0) is 72.5 Å². The molecule has 3 nitrogen and oxygen atoms in total. The van der Waals surface area contributed by atoms with Crippen molar-refractivity contribution in [1.29, 1.82) is 0 Å². The summed E-state index contributed by atoms with van der Waals surface area (Å²) < 4.78 is 1.42. The summed E-state index contributed by atoms with van der Waals surface area (Å²) in [5, 5.41) is 0. The molecule has 5 rings (SSSR count). The van der Waals surface area contributed by atoms with Crippen LogP contribution in [0.3, 0.4) is 0 Å². The molecular weight excluding hydrogens is 401 g/mol. The van der Waals surface area contributed by atoms with Crippen molar-refractivity contribution in [3.8, 4) is 0 Å². The third kappa shape index (κ3) is 1.67. The van der Waals surface area contributed by atoms with E-state index in [1.807, 2.05) is 22.9 Å². The van der Waals surface area contributed by atoms with Crippen LogP contribution in [-0.4, -0.2) is 14.9 Å². The predicted octanol–water partition coefficient (Wildman–Crippen LogP) is 3.77. The van der Waals surface area contributed by atoms with Crippen LogP contribution in [0.2, 0.25) is 0 Å². The summed E-state index contributed by atoms with van der Waals surface area (Å²) in [4.78, 5) is 25.5. The van der Waals surface area contributed by atoms with Crippen molar-refractivity contribution < 1.29 is 9.59 Å². The first-order chi connectivity index (χ1) is 10.9. The quantitative estimate of drug-likeness (QED) is 0.256. The summed E-state index contributed by atoms with van der Waals surface area (Å²) in [5.41, 5.74) is 0. The normalized spacial score (nSPS) is 60.2. The molecule has 2 amide bonds. The molecule has 4 aliphatic carbocycles. The summed E-state index contributed by atoms with van der Waals surface area (Å²) in [7, 11) is 0. The Labute approximate surface area is 152 Å². The number of amides is 2. The lowest BCUT2D eigenvalue weighted by Gasteiger charge is -2.41. The lowest BCUT2D eigenvalue weighted by molar-refractivity contribution is -0.132. The Morgan fingerprint density at radius 1 is 0.783 bits per heavy atom. The average Bonchev–Trinajstić information content (AvgIpc) is 3.09. The smallest absolute Gasteiger partial charge is 0.242 e. The highest BCUT2D eigenvalue weighted by Crippen LogP contribution is 2.70. The van der Waals surface area contributed by atoms with Crippen LogP contribution in [0.15, 0.2) is 0 Å². The van der Waals surface area contributed by atoms with Crippen molar-refractivity contribution in [3.05, 3.63) is 0 Å². The predicted molar refractivity (Wildman–Crippen MR) is 95.1 cm³/mol. The molecular formula is C19H26INO2. The minimum Gasteiger partial charge on any atom is -0.273 e. The number of fused-ring (bicyclic) bond motifs is 11. The number of imide groups is 1. The fourth-order valence-electron chi connectivity index (χ4n) is 8.09. The van der Waals surface area contributed by atoms with Crippen LogP contribution < -0.4 is 0 Å². The first-order valence-electron chi connectivity index (χ1n) is 9.45. The molecule has 1 heterocycles. The van der Waals surface area contributed by atoms with Crippen LogP contribution >= 0.6 is 22.9 Å². The molecule has 4 bridgehead atoms.